The van der Waals surface area contributed by atoms with Crippen LogP contribution in [0, 0.1) is 0 Å². The Kier molecular flexibility index (Phi) is 7.25. The molecule has 2 rings (SSSR count). The first kappa shape index (κ1) is 18.9. The second-order valence-electron chi connectivity index (χ2n) is 4.82. The van der Waals surface area contributed by atoms with Gasteiger partial charge >= 0.3 is 0 Å². The van der Waals surface area contributed by atoms with Crippen LogP contribution in [0.1, 0.15) is 11.6 Å². The molecule has 0 spiro atoms. The summed E-state index contributed by atoms with van der Waals surface area (Å²) in [7, 11) is -1.94. The zero-order valence-electron chi connectivity index (χ0n) is 12.4. The highest BCUT2D eigenvalue weighted by atomic mass is 35.5. The van der Waals surface area contributed by atoms with Crippen LogP contribution in [0.15, 0.2) is 42.5 Å². The van der Waals surface area contributed by atoms with Crippen LogP contribution in [0.2, 0.25) is 0 Å². The lowest BCUT2D eigenvalue weighted by molar-refractivity contribution is 0.216. The fourth-order valence-corrected chi connectivity index (χ4v) is 3.32. The van der Waals surface area contributed by atoms with E-state index >= 15 is 0 Å². The summed E-state index contributed by atoms with van der Waals surface area (Å²) in [6.07, 6.45) is 0. The van der Waals surface area contributed by atoms with Crippen LogP contribution in [-0.2, 0) is 14.8 Å². The lowest BCUT2D eigenvalue weighted by atomic mass is 10.0. The summed E-state index contributed by atoms with van der Waals surface area (Å²) in [5.41, 5.74) is 6.59. The summed E-state index contributed by atoms with van der Waals surface area (Å²) in [5.74, 6) is -0.0758. The van der Waals surface area contributed by atoms with Gasteiger partial charge in [-0.05, 0) is 22.4 Å². The Morgan fingerprint density at radius 2 is 1.86 bits per heavy atom. The number of halogens is 1. The van der Waals surface area contributed by atoms with Crippen LogP contribution in [0.5, 0.6) is 0 Å². The van der Waals surface area contributed by atoms with Crippen molar-refractivity contribution in [3.05, 3.63) is 48.0 Å². The molecule has 0 saturated carbocycles. The number of methoxy groups -OCH3 is 1. The molecule has 0 aliphatic carbocycles. The van der Waals surface area contributed by atoms with Gasteiger partial charge in [0.15, 0.2) is 0 Å². The third-order valence-electron chi connectivity index (χ3n) is 3.29. The van der Waals surface area contributed by atoms with Gasteiger partial charge < -0.3 is 10.5 Å². The summed E-state index contributed by atoms with van der Waals surface area (Å²) < 4.78 is 31.3. The minimum absolute atomic E-state index is 0. The van der Waals surface area contributed by atoms with Crippen molar-refractivity contribution < 1.29 is 13.2 Å². The number of nitrogens with two attached hydrogens (primary N) is 1. The molecule has 0 aliphatic rings. The smallest absolute Gasteiger partial charge is 0.214 e. The number of rotatable bonds is 7. The van der Waals surface area contributed by atoms with E-state index in [9.17, 15) is 8.42 Å². The molecule has 0 aliphatic heterocycles. The van der Waals surface area contributed by atoms with Gasteiger partial charge in [-0.3, -0.25) is 0 Å². The molecule has 7 heteroatoms. The van der Waals surface area contributed by atoms with Crippen molar-refractivity contribution in [3.8, 4) is 0 Å². The number of ether oxygens (including phenoxy) is 1. The molecule has 3 N–H and O–H groups in total. The molecule has 1 unspecified atom stereocenters. The van der Waals surface area contributed by atoms with Crippen LogP contribution < -0.4 is 10.5 Å². The van der Waals surface area contributed by atoms with Gasteiger partial charge in [-0.2, -0.15) is 0 Å². The number of benzene rings is 2. The highest BCUT2D eigenvalue weighted by Gasteiger charge is 2.18. The van der Waals surface area contributed by atoms with Crippen molar-refractivity contribution in [3.63, 3.8) is 0 Å². The maximum absolute atomic E-state index is 11.9. The van der Waals surface area contributed by atoms with Crippen molar-refractivity contribution in [2.24, 2.45) is 5.73 Å². The largest absolute Gasteiger partial charge is 0.384 e. The Morgan fingerprint density at radius 1 is 1.18 bits per heavy atom. The van der Waals surface area contributed by atoms with Gasteiger partial charge in [-0.15, -0.1) is 12.4 Å². The zero-order valence-corrected chi connectivity index (χ0v) is 14.0. The van der Waals surface area contributed by atoms with E-state index in [1.165, 1.54) is 7.11 Å². The Bertz CT molecular complexity index is 707. The van der Waals surface area contributed by atoms with Gasteiger partial charge in [0.25, 0.3) is 0 Å². The molecule has 0 saturated heterocycles. The molecule has 0 bridgehead atoms. The summed E-state index contributed by atoms with van der Waals surface area (Å²) >= 11 is 0. The Labute approximate surface area is 137 Å². The Hall–Kier alpha value is -1.18. The average molecular weight is 345 g/mol. The lowest BCUT2D eigenvalue weighted by Gasteiger charge is -2.18. The number of hydrogen-bond donors (Lipinski definition) is 2. The maximum Gasteiger partial charge on any atom is 0.214 e. The molecule has 2 aromatic rings. The number of hydrogen-bond acceptors (Lipinski definition) is 4. The predicted octanol–water partition coefficient (Wildman–Crippen LogP) is 1.83. The van der Waals surface area contributed by atoms with Gasteiger partial charge in [0, 0.05) is 13.7 Å². The molecular formula is C15H21ClN2O3S. The number of fused-ring (bicyclic) bond motifs is 1. The molecule has 5 nitrogen and oxygen atoms in total. The van der Waals surface area contributed by atoms with E-state index in [4.69, 9.17) is 10.5 Å². The zero-order chi connectivity index (χ0) is 15.3. The molecule has 0 fully saturated rings. The van der Waals surface area contributed by atoms with E-state index in [0.717, 1.165) is 16.3 Å². The quantitative estimate of drug-likeness (QED) is 0.802. The van der Waals surface area contributed by atoms with Crippen LogP contribution in [0.3, 0.4) is 0 Å². The third kappa shape index (κ3) is 4.93. The first-order valence-electron chi connectivity index (χ1n) is 6.73. The van der Waals surface area contributed by atoms with Crippen LogP contribution in [-0.4, -0.2) is 34.4 Å². The second kappa shape index (κ2) is 8.45. The summed E-state index contributed by atoms with van der Waals surface area (Å²) in [5, 5.41) is 2.17. The topological polar surface area (TPSA) is 81.4 Å². The molecule has 2 aromatic carbocycles. The average Bonchev–Trinajstić information content (AvgIpc) is 2.50. The fourth-order valence-electron chi connectivity index (χ4n) is 2.15. The molecular weight excluding hydrogens is 324 g/mol. The summed E-state index contributed by atoms with van der Waals surface area (Å²) in [6, 6.07) is 13.3. The molecule has 122 valence electrons. The van der Waals surface area contributed by atoms with Crippen molar-refractivity contribution in [1.29, 1.82) is 0 Å². The van der Waals surface area contributed by atoms with E-state index in [1.54, 1.807) is 0 Å². The predicted molar refractivity (Wildman–Crippen MR) is 91.8 cm³/mol. The van der Waals surface area contributed by atoms with E-state index in [-0.39, 0.29) is 31.3 Å². The van der Waals surface area contributed by atoms with Crippen LogP contribution in [0.25, 0.3) is 10.8 Å². The van der Waals surface area contributed by atoms with Gasteiger partial charge in [0.1, 0.15) is 0 Å². The van der Waals surface area contributed by atoms with E-state index in [1.807, 2.05) is 42.5 Å². The fraction of sp³-hybridized carbons (Fsp3) is 0.333. The SMILES string of the molecule is COCCS(=O)(=O)NC(CN)c1ccc2ccccc2c1.Cl. The van der Waals surface area contributed by atoms with Gasteiger partial charge in [0.05, 0.1) is 18.4 Å². The number of sulfonamides is 1. The Morgan fingerprint density at radius 3 is 2.50 bits per heavy atom. The van der Waals surface area contributed by atoms with Crippen molar-refractivity contribution in [2.75, 3.05) is 26.0 Å². The highest BCUT2D eigenvalue weighted by molar-refractivity contribution is 7.89. The minimum Gasteiger partial charge on any atom is -0.384 e. The van der Waals surface area contributed by atoms with E-state index in [0.29, 0.717) is 0 Å². The lowest BCUT2D eigenvalue weighted by Crippen LogP contribution is -2.35. The normalized spacial score (nSPS) is 12.8. The molecule has 0 aromatic heterocycles. The first-order valence-corrected chi connectivity index (χ1v) is 8.38. The summed E-state index contributed by atoms with van der Waals surface area (Å²) in [6.45, 7) is 0.356. The van der Waals surface area contributed by atoms with Crippen molar-refractivity contribution in [2.45, 2.75) is 6.04 Å². The third-order valence-corrected chi connectivity index (χ3v) is 4.64. The van der Waals surface area contributed by atoms with Gasteiger partial charge in [-0.1, -0.05) is 36.4 Å². The van der Waals surface area contributed by atoms with Crippen LogP contribution in [0.4, 0.5) is 0 Å². The molecule has 0 radical (unpaired) electrons. The molecule has 0 amide bonds. The van der Waals surface area contributed by atoms with Gasteiger partial charge in [-0.25, -0.2) is 13.1 Å². The second-order valence-corrected chi connectivity index (χ2v) is 6.70. The van der Waals surface area contributed by atoms with E-state index < -0.39 is 16.1 Å². The van der Waals surface area contributed by atoms with Crippen LogP contribution >= 0.6 is 12.4 Å². The maximum atomic E-state index is 11.9. The molecule has 1 atom stereocenters. The summed E-state index contributed by atoms with van der Waals surface area (Å²) in [4.78, 5) is 0. The van der Waals surface area contributed by atoms with E-state index in [2.05, 4.69) is 4.72 Å². The monoisotopic (exact) mass is 344 g/mol. The number of nitrogens with one attached hydrogen (secondary N) is 1. The van der Waals surface area contributed by atoms with Gasteiger partial charge in [0.2, 0.25) is 10.0 Å². The van der Waals surface area contributed by atoms with Crippen molar-refractivity contribution in [1.82, 2.24) is 4.72 Å². The molecule has 22 heavy (non-hydrogen) atoms. The standard InChI is InChI=1S/C15H20N2O3S.ClH/c1-20-8-9-21(18,19)17-15(11-16)14-7-6-12-4-2-3-5-13(12)10-14;/h2-7,10,15,17H,8-9,11,16H2,1H3;1H. The first-order chi connectivity index (χ1) is 10.1. The molecule has 0 heterocycles. The van der Waals surface area contributed by atoms with Crippen molar-refractivity contribution >= 4 is 33.2 Å². The highest BCUT2D eigenvalue weighted by Crippen LogP contribution is 2.20. The Balaban J connectivity index is 0.00000242. The minimum atomic E-state index is -3.41.